The predicted octanol–water partition coefficient (Wildman–Crippen LogP) is 3.46. The SMILES string of the molecule is CC(=O)Nc1cc(Cl)c(-c2cccnc2)cc1/C=C/C(=O)O. The van der Waals surface area contributed by atoms with Crippen LogP contribution >= 0.6 is 11.6 Å². The summed E-state index contributed by atoms with van der Waals surface area (Å²) in [5, 5.41) is 11.8. The normalized spacial score (nSPS) is 10.6. The van der Waals surface area contributed by atoms with Crippen molar-refractivity contribution < 1.29 is 14.7 Å². The minimum absolute atomic E-state index is 0.268. The fraction of sp³-hybridized carbons (Fsp3) is 0.0625. The molecule has 6 heteroatoms. The van der Waals surface area contributed by atoms with Crippen molar-refractivity contribution in [1.29, 1.82) is 0 Å². The third-order valence-corrected chi connectivity index (χ3v) is 3.14. The number of nitrogens with zero attached hydrogens (tertiary/aromatic N) is 1. The van der Waals surface area contributed by atoms with Gasteiger partial charge in [-0.3, -0.25) is 9.78 Å². The number of aromatic nitrogens is 1. The van der Waals surface area contributed by atoms with Gasteiger partial charge in [-0.1, -0.05) is 17.7 Å². The van der Waals surface area contributed by atoms with Crippen molar-refractivity contribution in [3.63, 3.8) is 0 Å². The number of carboxylic acid groups (broad SMARTS) is 1. The van der Waals surface area contributed by atoms with Gasteiger partial charge in [0.15, 0.2) is 0 Å². The number of carboxylic acids is 1. The van der Waals surface area contributed by atoms with E-state index in [0.717, 1.165) is 11.6 Å². The zero-order valence-electron chi connectivity index (χ0n) is 11.7. The molecule has 0 aliphatic carbocycles. The molecule has 1 heterocycles. The highest BCUT2D eigenvalue weighted by atomic mass is 35.5. The van der Waals surface area contributed by atoms with Gasteiger partial charge in [-0.15, -0.1) is 0 Å². The molecule has 0 radical (unpaired) electrons. The van der Waals surface area contributed by atoms with Gasteiger partial charge in [0.1, 0.15) is 0 Å². The maximum atomic E-state index is 11.3. The van der Waals surface area contributed by atoms with E-state index in [1.165, 1.54) is 13.0 Å². The summed E-state index contributed by atoms with van der Waals surface area (Å²) in [6.07, 6.45) is 5.71. The first-order valence-corrected chi connectivity index (χ1v) is 6.77. The van der Waals surface area contributed by atoms with Crippen molar-refractivity contribution in [3.8, 4) is 11.1 Å². The van der Waals surface area contributed by atoms with Crippen molar-refractivity contribution in [1.82, 2.24) is 4.98 Å². The lowest BCUT2D eigenvalue weighted by Gasteiger charge is -2.12. The van der Waals surface area contributed by atoms with Gasteiger partial charge in [0.25, 0.3) is 0 Å². The molecular formula is C16H13ClN2O3. The van der Waals surface area contributed by atoms with Crippen LogP contribution in [0.25, 0.3) is 17.2 Å². The highest BCUT2D eigenvalue weighted by molar-refractivity contribution is 6.33. The molecule has 0 bridgehead atoms. The number of aliphatic carboxylic acids is 1. The number of halogens is 1. The lowest BCUT2D eigenvalue weighted by atomic mass is 10.0. The molecule has 0 spiro atoms. The van der Waals surface area contributed by atoms with Gasteiger partial charge in [0.2, 0.25) is 5.91 Å². The van der Waals surface area contributed by atoms with E-state index in [-0.39, 0.29) is 5.91 Å². The number of benzene rings is 1. The summed E-state index contributed by atoms with van der Waals surface area (Å²) < 4.78 is 0. The van der Waals surface area contributed by atoms with Gasteiger partial charge in [0.05, 0.1) is 5.02 Å². The molecule has 1 amide bonds. The predicted molar refractivity (Wildman–Crippen MR) is 85.7 cm³/mol. The second kappa shape index (κ2) is 6.87. The maximum absolute atomic E-state index is 11.3. The molecule has 5 nitrogen and oxygen atoms in total. The van der Waals surface area contributed by atoms with Crippen molar-refractivity contribution in [3.05, 3.63) is 53.3 Å². The molecule has 0 saturated heterocycles. The Kier molecular flexibility index (Phi) is 4.91. The van der Waals surface area contributed by atoms with Crippen molar-refractivity contribution >= 4 is 35.2 Å². The van der Waals surface area contributed by atoms with E-state index in [1.54, 1.807) is 30.6 Å². The second-order valence-electron chi connectivity index (χ2n) is 4.51. The van der Waals surface area contributed by atoms with Crippen LogP contribution < -0.4 is 5.32 Å². The summed E-state index contributed by atoms with van der Waals surface area (Å²) in [6, 6.07) is 6.92. The summed E-state index contributed by atoms with van der Waals surface area (Å²) in [4.78, 5) is 26.0. The van der Waals surface area contributed by atoms with Gasteiger partial charge in [-0.2, -0.15) is 0 Å². The number of hydrogen-bond acceptors (Lipinski definition) is 3. The number of pyridine rings is 1. The minimum atomic E-state index is -1.08. The van der Waals surface area contributed by atoms with E-state index in [2.05, 4.69) is 10.3 Å². The van der Waals surface area contributed by atoms with E-state index in [0.29, 0.717) is 21.8 Å². The quantitative estimate of drug-likeness (QED) is 0.847. The van der Waals surface area contributed by atoms with Gasteiger partial charge in [-0.05, 0) is 29.8 Å². The van der Waals surface area contributed by atoms with Crippen LogP contribution in [0.15, 0.2) is 42.7 Å². The lowest BCUT2D eigenvalue weighted by molar-refractivity contribution is -0.131. The number of carbonyl (C=O) groups excluding carboxylic acids is 1. The van der Waals surface area contributed by atoms with E-state index >= 15 is 0 Å². The molecule has 0 fully saturated rings. The second-order valence-corrected chi connectivity index (χ2v) is 4.92. The van der Waals surface area contributed by atoms with Crippen LogP contribution in [-0.2, 0) is 9.59 Å². The Hall–Kier alpha value is -2.66. The molecule has 112 valence electrons. The largest absolute Gasteiger partial charge is 0.478 e. The Morgan fingerprint density at radius 2 is 2.14 bits per heavy atom. The van der Waals surface area contributed by atoms with Crippen molar-refractivity contribution in [2.24, 2.45) is 0 Å². The number of carbonyl (C=O) groups is 2. The summed E-state index contributed by atoms with van der Waals surface area (Å²) in [7, 11) is 0. The number of anilines is 1. The highest BCUT2D eigenvalue weighted by Crippen LogP contribution is 2.33. The molecule has 0 aliphatic rings. The van der Waals surface area contributed by atoms with Crippen LogP contribution in [0.1, 0.15) is 12.5 Å². The molecule has 1 aromatic heterocycles. The average molecular weight is 317 g/mol. The maximum Gasteiger partial charge on any atom is 0.328 e. The molecule has 2 aromatic rings. The molecular weight excluding hydrogens is 304 g/mol. The lowest BCUT2D eigenvalue weighted by Crippen LogP contribution is -2.07. The monoisotopic (exact) mass is 316 g/mol. The molecule has 2 N–H and O–H groups in total. The number of hydrogen-bond donors (Lipinski definition) is 2. The molecule has 0 aliphatic heterocycles. The summed E-state index contributed by atoms with van der Waals surface area (Å²) in [5.41, 5.74) is 2.49. The fourth-order valence-corrected chi connectivity index (χ4v) is 2.20. The smallest absolute Gasteiger partial charge is 0.328 e. The summed E-state index contributed by atoms with van der Waals surface area (Å²) in [6.45, 7) is 1.37. The molecule has 0 saturated carbocycles. The zero-order chi connectivity index (χ0) is 16.1. The van der Waals surface area contributed by atoms with Crippen molar-refractivity contribution in [2.75, 3.05) is 5.32 Å². The molecule has 22 heavy (non-hydrogen) atoms. The first kappa shape index (κ1) is 15.7. The van der Waals surface area contributed by atoms with Crippen LogP contribution in [0.2, 0.25) is 5.02 Å². The third kappa shape index (κ3) is 3.93. The van der Waals surface area contributed by atoms with Gasteiger partial charge < -0.3 is 10.4 Å². The summed E-state index contributed by atoms with van der Waals surface area (Å²) in [5.74, 6) is -1.35. The van der Waals surface area contributed by atoms with Crippen LogP contribution in [0.5, 0.6) is 0 Å². The highest BCUT2D eigenvalue weighted by Gasteiger charge is 2.10. The first-order chi connectivity index (χ1) is 10.5. The van der Waals surface area contributed by atoms with E-state index < -0.39 is 5.97 Å². The van der Waals surface area contributed by atoms with E-state index in [1.807, 2.05) is 6.07 Å². The first-order valence-electron chi connectivity index (χ1n) is 6.40. The Bertz CT molecular complexity index is 743. The van der Waals surface area contributed by atoms with E-state index in [9.17, 15) is 9.59 Å². The Morgan fingerprint density at radius 1 is 1.36 bits per heavy atom. The van der Waals surface area contributed by atoms with Gasteiger partial charge >= 0.3 is 5.97 Å². The molecule has 1 aromatic carbocycles. The topological polar surface area (TPSA) is 79.3 Å². The van der Waals surface area contributed by atoms with Crippen LogP contribution in [0, 0.1) is 0 Å². The Balaban J connectivity index is 2.56. The standard InChI is InChI=1S/C16H13ClN2O3/c1-10(20)19-15-8-14(17)13(12-3-2-6-18-9-12)7-11(15)4-5-16(21)22/h2-9H,1H3,(H,19,20)(H,21,22)/b5-4+. The van der Waals surface area contributed by atoms with Gasteiger partial charge in [0, 0.05) is 42.2 Å². The fourth-order valence-electron chi connectivity index (χ4n) is 1.93. The number of rotatable bonds is 4. The van der Waals surface area contributed by atoms with E-state index in [4.69, 9.17) is 16.7 Å². The zero-order valence-corrected chi connectivity index (χ0v) is 12.5. The van der Waals surface area contributed by atoms with Crippen LogP contribution in [0.3, 0.4) is 0 Å². The Morgan fingerprint density at radius 3 is 2.73 bits per heavy atom. The third-order valence-electron chi connectivity index (χ3n) is 2.83. The van der Waals surface area contributed by atoms with Crippen LogP contribution in [0.4, 0.5) is 5.69 Å². The average Bonchev–Trinajstić information content (AvgIpc) is 2.46. The molecule has 2 rings (SSSR count). The minimum Gasteiger partial charge on any atom is -0.478 e. The van der Waals surface area contributed by atoms with Crippen LogP contribution in [-0.4, -0.2) is 22.0 Å². The number of amides is 1. The molecule has 0 unspecified atom stereocenters. The molecule has 0 atom stereocenters. The Labute approximate surface area is 132 Å². The summed E-state index contributed by atoms with van der Waals surface area (Å²) >= 11 is 6.26. The van der Waals surface area contributed by atoms with Crippen molar-refractivity contribution in [2.45, 2.75) is 6.92 Å². The van der Waals surface area contributed by atoms with Gasteiger partial charge in [-0.25, -0.2) is 4.79 Å². The number of nitrogens with one attached hydrogen (secondary N) is 1.